The van der Waals surface area contributed by atoms with Crippen LogP contribution in [-0.2, 0) is 4.79 Å². The lowest BCUT2D eigenvalue weighted by Crippen LogP contribution is -2.17. The molecule has 4 heteroatoms. The fourth-order valence-corrected chi connectivity index (χ4v) is 2.84. The highest BCUT2D eigenvalue weighted by Gasteiger charge is 2.17. The van der Waals surface area contributed by atoms with Crippen molar-refractivity contribution in [2.45, 2.75) is 44.9 Å². The van der Waals surface area contributed by atoms with Gasteiger partial charge in [0.2, 0.25) is 5.91 Å². The number of nitrogens with one attached hydrogen (secondary N) is 1. The van der Waals surface area contributed by atoms with Crippen molar-refractivity contribution < 1.29 is 9.53 Å². The SMILES string of the molecule is N#CCOc1ccccc1NC(=O)CC1CCCCCC1. The van der Waals surface area contributed by atoms with Gasteiger partial charge >= 0.3 is 0 Å². The molecule has 112 valence electrons. The first-order valence-electron chi connectivity index (χ1n) is 7.68. The Labute approximate surface area is 126 Å². The van der Waals surface area contributed by atoms with E-state index < -0.39 is 0 Å². The van der Waals surface area contributed by atoms with E-state index in [1.54, 1.807) is 12.1 Å². The van der Waals surface area contributed by atoms with Gasteiger partial charge in [-0.25, -0.2) is 0 Å². The van der Waals surface area contributed by atoms with Crippen molar-refractivity contribution in [3.63, 3.8) is 0 Å². The van der Waals surface area contributed by atoms with Gasteiger partial charge in [0, 0.05) is 6.42 Å². The molecule has 0 unspecified atom stereocenters. The Hall–Kier alpha value is -2.02. The van der Waals surface area contributed by atoms with Crippen LogP contribution in [0.4, 0.5) is 5.69 Å². The van der Waals surface area contributed by atoms with Crippen molar-refractivity contribution in [2.75, 3.05) is 11.9 Å². The van der Waals surface area contributed by atoms with E-state index >= 15 is 0 Å². The van der Waals surface area contributed by atoms with Crippen molar-refractivity contribution in [3.8, 4) is 11.8 Å². The molecule has 0 radical (unpaired) electrons. The molecular weight excluding hydrogens is 264 g/mol. The maximum absolute atomic E-state index is 12.2. The monoisotopic (exact) mass is 286 g/mol. The lowest BCUT2D eigenvalue weighted by molar-refractivity contribution is -0.117. The van der Waals surface area contributed by atoms with E-state index in [9.17, 15) is 4.79 Å². The molecule has 0 atom stereocenters. The minimum absolute atomic E-state index is 0.0183. The molecule has 0 aromatic heterocycles. The van der Waals surface area contributed by atoms with Gasteiger partial charge < -0.3 is 10.1 Å². The highest BCUT2D eigenvalue weighted by molar-refractivity contribution is 5.92. The van der Waals surface area contributed by atoms with Gasteiger partial charge in [-0.15, -0.1) is 0 Å². The van der Waals surface area contributed by atoms with Gasteiger partial charge in [-0.3, -0.25) is 4.79 Å². The number of ether oxygens (including phenoxy) is 1. The molecule has 1 saturated carbocycles. The molecule has 4 nitrogen and oxygen atoms in total. The first-order chi connectivity index (χ1) is 10.3. The van der Waals surface area contributed by atoms with Crippen LogP contribution in [-0.4, -0.2) is 12.5 Å². The van der Waals surface area contributed by atoms with Crippen molar-refractivity contribution >= 4 is 11.6 Å². The number of para-hydroxylation sites is 2. The number of benzene rings is 1. The molecule has 2 rings (SSSR count). The summed E-state index contributed by atoms with van der Waals surface area (Å²) in [5.41, 5.74) is 0.645. The van der Waals surface area contributed by atoms with Crippen LogP contribution in [0.5, 0.6) is 5.75 Å². The summed E-state index contributed by atoms with van der Waals surface area (Å²) in [5.74, 6) is 1.09. The van der Waals surface area contributed by atoms with Crippen LogP contribution in [0.1, 0.15) is 44.9 Å². The lowest BCUT2D eigenvalue weighted by Gasteiger charge is -2.15. The summed E-state index contributed by atoms with van der Waals surface area (Å²) in [6.07, 6.45) is 7.94. The Balaban J connectivity index is 1.91. The molecule has 1 aliphatic rings. The van der Waals surface area contributed by atoms with E-state index in [0.29, 0.717) is 23.8 Å². The van der Waals surface area contributed by atoms with Crippen molar-refractivity contribution in [1.29, 1.82) is 5.26 Å². The van der Waals surface area contributed by atoms with E-state index in [2.05, 4.69) is 5.32 Å². The zero-order valence-electron chi connectivity index (χ0n) is 12.3. The quantitative estimate of drug-likeness (QED) is 0.835. The molecule has 21 heavy (non-hydrogen) atoms. The fourth-order valence-electron chi connectivity index (χ4n) is 2.84. The predicted octanol–water partition coefficient (Wildman–Crippen LogP) is 3.89. The van der Waals surface area contributed by atoms with Crippen molar-refractivity contribution in [2.24, 2.45) is 5.92 Å². The number of anilines is 1. The Morgan fingerprint density at radius 1 is 1.24 bits per heavy atom. The number of hydrogen-bond acceptors (Lipinski definition) is 3. The van der Waals surface area contributed by atoms with Crippen molar-refractivity contribution in [1.82, 2.24) is 0 Å². The molecule has 0 saturated heterocycles. The average molecular weight is 286 g/mol. The third-order valence-corrected chi connectivity index (χ3v) is 3.90. The minimum Gasteiger partial charge on any atom is -0.477 e. The van der Waals surface area contributed by atoms with Crippen LogP contribution >= 0.6 is 0 Å². The Kier molecular flexibility index (Phi) is 6.08. The summed E-state index contributed by atoms with van der Waals surface area (Å²) in [7, 11) is 0. The summed E-state index contributed by atoms with van der Waals surface area (Å²) in [6, 6.07) is 9.17. The van der Waals surface area contributed by atoms with Gasteiger partial charge in [-0.1, -0.05) is 37.8 Å². The second-order valence-electron chi connectivity index (χ2n) is 5.55. The largest absolute Gasteiger partial charge is 0.477 e. The highest BCUT2D eigenvalue weighted by atomic mass is 16.5. The lowest BCUT2D eigenvalue weighted by atomic mass is 9.96. The van der Waals surface area contributed by atoms with E-state index in [1.807, 2.05) is 18.2 Å². The number of hydrogen-bond donors (Lipinski definition) is 1. The van der Waals surface area contributed by atoms with Gasteiger partial charge in [0.05, 0.1) is 5.69 Å². The van der Waals surface area contributed by atoms with Gasteiger partial charge in [0.25, 0.3) is 0 Å². The normalized spacial score (nSPS) is 15.8. The first-order valence-corrected chi connectivity index (χ1v) is 7.68. The number of rotatable bonds is 5. The molecule has 1 aliphatic carbocycles. The van der Waals surface area contributed by atoms with E-state index in [4.69, 9.17) is 10.00 Å². The predicted molar refractivity (Wildman–Crippen MR) is 82.0 cm³/mol. The van der Waals surface area contributed by atoms with Crippen LogP contribution < -0.4 is 10.1 Å². The molecule has 1 N–H and O–H groups in total. The van der Waals surface area contributed by atoms with Gasteiger partial charge in [-0.2, -0.15) is 5.26 Å². The standard InChI is InChI=1S/C17H22N2O2/c18-11-12-21-16-10-6-5-9-15(16)19-17(20)13-14-7-3-1-2-4-8-14/h5-6,9-10,14H,1-4,7-8,12-13H2,(H,19,20). The fraction of sp³-hybridized carbons (Fsp3) is 0.529. The smallest absolute Gasteiger partial charge is 0.224 e. The van der Waals surface area contributed by atoms with E-state index in [1.165, 1.54) is 25.7 Å². The average Bonchev–Trinajstić information content (AvgIpc) is 2.75. The molecule has 0 heterocycles. The molecular formula is C17H22N2O2. The molecule has 0 bridgehead atoms. The second kappa shape index (κ2) is 8.31. The molecule has 1 fully saturated rings. The summed E-state index contributed by atoms with van der Waals surface area (Å²) < 4.78 is 5.32. The zero-order chi connectivity index (χ0) is 14.9. The van der Waals surface area contributed by atoms with Crippen LogP contribution in [0, 0.1) is 17.2 Å². The van der Waals surface area contributed by atoms with E-state index in [-0.39, 0.29) is 12.5 Å². The Morgan fingerprint density at radius 3 is 2.67 bits per heavy atom. The van der Waals surface area contributed by atoms with E-state index in [0.717, 1.165) is 12.8 Å². The van der Waals surface area contributed by atoms with Crippen LogP contribution in [0.25, 0.3) is 0 Å². The maximum Gasteiger partial charge on any atom is 0.224 e. The minimum atomic E-state index is -0.0183. The van der Waals surface area contributed by atoms with Crippen LogP contribution in [0.2, 0.25) is 0 Å². The molecule has 0 aliphatic heterocycles. The van der Waals surface area contributed by atoms with Gasteiger partial charge in [0.15, 0.2) is 6.61 Å². The van der Waals surface area contributed by atoms with Gasteiger partial charge in [-0.05, 0) is 30.9 Å². The number of nitriles is 1. The highest BCUT2D eigenvalue weighted by Crippen LogP contribution is 2.27. The summed E-state index contributed by atoms with van der Waals surface area (Å²) in [5, 5.41) is 11.5. The molecule has 1 amide bonds. The number of carbonyl (C=O) groups excluding carboxylic acids is 1. The maximum atomic E-state index is 12.2. The Morgan fingerprint density at radius 2 is 1.95 bits per heavy atom. The summed E-state index contributed by atoms with van der Waals surface area (Å²) in [4.78, 5) is 12.2. The molecule has 1 aromatic carbocycles. The first kappa shape index (κ1) is 15.4. The molecule has 1 aromatic rings. The van der Waals surface area contributed by atoms with Crippen LogP contribution in [0.15, 0.2) is 24.3 Å². The number of amides is 1. The Bertz CT molecular complexity index is 500. The van der Waals surface area contributed by atoms with Gasteiger partial charge in [0.1, 0.15) is 11.8 Å². The van der Waals surface area contributed by atoms with Crippen LogP contribution in [0.3, 0.4) is 0 Å². The van der Waals surface area contributed by atoms with Crippen molar-refractivity contribution in [3.05, 3.63) is 24.3 Å². The summed E-state index contributed by atoms with van der Waals surface area (Å²) in [6.45, 7) is -0.0183. The topological polar surface area (TPSA) is 62.1 Å². The number of carbonyl (C=O) groups is 1. The third-order valence-electron chi connectivity index (χ3n) is 3.90. The number of nitrogens with zero attached hydrogens (tertiary/aromatic N) is 1. The summed E-state index contributed by atoms with van der Waals surface area (Å²) >= 11 is 0. The zero-order valence-corrected chi connectivity index (χ0v) is 12.3. The third kappa shape index (κ3) is 5.11. The molecule has 0 spiro atoms. The second-order valence-corrected chi connectivity index (χ2v) is 5.55.